The number of hydrogen-bond donors (Lipinski definition) is 0. The van der Waals surface area contributed by atoms with E-state index >= 15 is 0 Å². The number of amides is 1. The molecule has 0 radical (unpaired) electrons. The second-order valence-corrected chi connectivity index (χ2v) is 6.54. The van der Waals surface area contributed by atoms with Crippen LogP contribution in [0.5, 0.6) is 0 Å². The number of benzene rings is 1. The molecule has 2 nitrogen and oxygen atoms in total. The Labute approximate surface area is 128 Å². The molecular weight excluding hydrogens is 290 g/mol. The zero-order valence-electron chi connectivity index (χ0n) is 11.3. The van der Waals surface area contributed by atoms with Crippen LogP contribution in [-0.4, -0.2) is 17.4 Å². The maximum atomic E-state index is 12.6. The lowest BCUT2D eigenvalue weighted by molar-refractivity contribution is -0.140. The molecule has 1 saturated heterocycles. The van der Waals surface area contributed by atoms with Crippen LogP contribution in [0.4, 0.5) is 0 Å². The molecule has 3 rings (SSSR count). The molecule has 1 aromatic carbocycles. The largest absolute Gasteiger partial charge is 0.335 e. The number of rotatable bonds is 3. The minimum atomic E-state index is -0.0508. The van der Waals surface area contributed by atoms with Gasteiger partial charge in [0.15, 0.2) is 0 Å². The fraction of sp³-hybridized carbons (Fsp3) is 0.312. The highest BCUT2D eigenvalue weighted by Gasteiger charge is 2.35. The van der Waals surface area contributed by atoms with Gasteiger partial charge in [0.05, 0.1) is 12.0 Å². The lowest BCUT2D eigenvalue weighted by Crippen LogP contribution is -2.46. The second kappa shape index (κ2) is 5.58. The highest BCUT2D eigenvalue weighted by Crippen LogP contribution is 2.36. The van der Waals surface area contributed by atoms with Crippen LogP contribution < -0.4 is 0 Å². The zero-order valence-corrected chi connectivity index (χ0v) is 12.8. The van der Waals surface area contributed by atoms with Gasteiger partial charge in [0.25, 0.3) is 0 Å². The van der Waals surface area contributed by atoms with Gasteiger partial charge in [-0.15, -0.1) is 11.3 Å². The zero-order chi connectivity index (χ0) is 14.1. The van der Waals surface area contributed by atoms with Crippen molar-refractivity contribution >= 4 is 28.8 Å². The van der Waals surface area contributed by atoms with E-state index in [-0.39, 0.29) is 17.9 Å². The fourth-order valence-corrected chi connectivity index (χ4v) is 3.49. The molecule has 0 N–H and O–H groups in total. The highest BCUT2D eigenvalue weighted by molar-refractivity contribution is 7.10. The van der Waals surface area contributed by atoms with Gasteiger partial charge in [0.1, 0.15) is 0 Å². The molecule has 0 unspecified atom stereocenters. The number of halogens is 1. The van der Waals surface area contributed by atoms with Crippen LogP contribution in [0, 0.1) is 0 Å². The molecule has 20 heavy (non-hydrogen) atoms. The van der Waals surface area contributed by atoms with Crippen molar-refractivity contribution in [2.45, 2.75) is 25.3 Å². The summed E-state index contributed by atoms with van der Waals surface area (Å²) in [5.41, 5.74) is 1.17. The topological polar surface area (TPSA) is 20.3 Å². The Bertz CT molecular complexity index is 593. The first-order valence-corrected chi connectivity index (χ1v) is 8.02. The monoisotopic (exact) mass is 305 g/mol. The molecule has 1 fully saturated rings. The van der Waals surface area contributed by atoms with E-state index in [1.165, 1.54) is 5.56 Å². The summed E-state index contributed by atoms with van der Waals surface area (Å²) in [7, 11) is 0. The van der Waals surface area contributed by atoms with Gasteiger partial charge in [-0.25, -0.2) is 0 Å². The van der Waals surface area contributed by atoms with E-state index in [2.05, 4.69) is 0 Å². The van der Waals surface area contributed by atoms with Crippen molar-refractivity contribution in [1.29, 1.82) is 0 Å². The van der Waals surface area contributed by atoms with E-state index in [0.717, 1.165) is 22.9 Å². The average molecular weight is 306 g/mol. The molecule has 1 aliphatic rings. The van der Waals surface area contributed by atoms with Crippen LogP contribution >= 0.6 is 22.9 Å². The van der Waals surface area contributed by atoms with E-state index in [1.807, 2.05) is 53.6 Å². The molecule has 2 atom stereocenters. The maximum absolute atomic E-state index is 12.6. The number of carbonyl (C=O) groups excluding carboxylic acids is 1. The summed E-state index contributed by atoms with van der Waals surface area (Å²) in [6, 6.07) is 12.1. The normalized spacial score (nSPS) is 19.5. The third-order valence-corrected chi connectivity index (χ3v) is 5.20. The van der Waals surface area contributed by atoms with Crippen molar-refractivity contribution in [2.24, 2.45) is 0 Å². The lowest BCUT2D eigenvalue weighted by Gasteiger charge is -2.42. The van der Waals surface area contributed by atoms with Gasteiger partial charge in [-0.05, 0) is 42.5 Å². The third kappa shape index (κ3) is 2.48. The SMILES string of the molecule is C[C@H](C(=O)N1CC[C@H]1c1ccc(Cl)cc1)c1cccs1. The van der Waals surface area contributed by atoms with Crippen LogP contribution in [0.3, 0.4) is 0 Å². The first kappa shape index (κ1) is 13.7. The molecule has 4 heteroatoms. The summed E-state index contributed by atoms with van der Waals surface area (Å²) in [5.74, 6) is 0.170. The van der Waals surface area contributed by atoms with E-state index < -0.39 is 0 Å². The Morgan fingerprint density at radius 2 is 2.10 bits per heavy atom. The molecule has 0 bridgehead atoms. The average Bonchev–Trinajstić information content (AvgIpc) is 2.93. The quantitative estimate of drug-likeness (QED) is 0.819. The minimum Gasteiger partial charge on any atom is -0.335 e. The Morgan fingerprint density at radius 3 is 2.65 bits per heavy atom. The lowest BCUT2D eigenvalue weighted by atomic mass is 9.92. The smallest absolute Gasteiger partial charge is 0.231 e. The summed E-state index contributed by atoms with van der Waals surface area (Å²) >= 11 is 7.56. The van der Waals surface area contributed by atoms with E-state index in [9.17, 15) is 4.79 Å². The number of likely N-dealkylation sites (tertiary alicyclic amines) is 1. The summed E-state index contributed by atoms with van der Waals surface area (Å²) in [6.07, 6.45) is 1.03. The molecule has 1 aromatic heterocycles. The van der Waals surface area contributed by atoms with E-state index in [0.29, 0.717) is 0 Å². The third-order valence-electron chi connectivity index (χ3n) is 3.90. The summed E-state index contributed by atoms with van der Waals surface area (Å²) < 4.78 is 0. The van der Waals surface area contributed by atoms with Crippen LogP contribution in [0.1, 0.15) is 35.7 Å². The van der Waals surface area contributed by atoms with Crippen molar-refractivity contribution in [3.63, 3.8) is 0 Å². The van der Waals surface area contributed by atoms with Gasteiger partial charge in [-0.2, -0.15) is 0 Å². The summed E-state index contributed by atoms with van der Waals surface area (Å²) in [6.45, 7) is 2.84. The standard InChI is InChI=1S/C16H16ClNOS/c1-11(15-3-2-10-20-15)16(19)18-9-8-14(18)12-4-6-13(17)7-5-12/h2-7,10-11,14H,8-9H2,1H3/t11-,14-/m0/s1. The molecule has 0 aliphatic carbocycles. The predicted molar refractivity (Wildman–Crippen MR) is 83.3 cm³/mol. The minimum absolute atomic E-state index is 0.0508. The van der Waals surface area contributed by atoms with Crippen molar-refractivity contribution in [1.82, 2.24) is 4.90 Å². The van der Waals surface area contributed by atoms with E-state index in [1.54, 1.807) is 11.3 Å². The van der Waals surface area contributed by atoms with Crippen molar-refractivity contribution in [3.05, 3.63) is 57.2 Å². The highest BCUT2D eigenvalue weighted by atomic mass is 35.5. The second-order valence-electron chi connectivity index (χ2n) is 5.12. The van der Waals surface area contributed by atoms with Gasteiger partial charge in [0, 0.05) is 16.4 Å². The molecule has 2 aromatic rings. The maximum Gasteiger partial charge on any atom is 0.231 e. The first-order valence-electron chi connectivity index (χ1n) is 6.76. The van der Waals surface area contributed by atoms with Gasteiger partial charge in [-0.3, -0.25) is 4.79 Å². The Balaban J connectivity index is 1.74. The van der Waals surface area contributed by atoms with Gasteiger partial charge < -0.3 is 4.90 Å². The predicted octanol–water partition coefficient (Wildman–Crippen LogP) is 4.48. The summed E-state index contributed by atoms with van der Waals surface area (Å²) in [5, 5.41) is 2.75. The molecule has 2 heterocycles. The van der Waals surface area contributed by atoms with Crippen LogP contribution in [0.2, 0.25) is 5.02 Å². The van der Waals surface area contributed by atoms with Gasteiger partial charge in [-0.1, -0.05) is 29.8 Å². The molecule has 1 aliphatic heterocycles. The number of hydrogen-bond acceptors (Lipinski definition) is 2. The van der Waals surface area contributed by atoms with Crippen LogP contribution in [-0.2, 0) is 4.79 Å². The Hall–Kier alpha value is -1.32. The molecule has 0 saturated carbocycles. The first-order chi connectivity index (χ1) is 9.66. The molecule has 104 valence electrons. The number of thiophene rings is 1. The Kier molecular flexibility index (Phi) is 3.81. The van der Waals surface area contributed by atoms with Crippen molar-refractivity contribution < 1.29 is 4.79 Å². The molecule has 0 spiro atoms. The molecule has 1 amide bonds. The fourth-order valence-electron chi connectivity index (χ4n) is 2.59. The van der Waals surface area contributed by atoms with Gasteiger partial charge >= 0.3 is 0 Å². The van der Waals surface area contributed by atoms with Crippen LogP contribution in [0.15, 0.2) is 41.8 Å². The number of nitrogens with zero attached hydrogens (tertiary/aromatic N) is 1. The van der Waals surface area contributed by atoms with Crippen molar-refractivity contribution in [2.75, 3.05) is 6.54 Å². The van der Waals surface area contributed by atoms with Crippen LogP contribution in [0.25, 0.3) is 0 Å². The van der Waals surface area contributed by atoms with Crippen molar-refractivity contribution in [3.8, 4) is 0 Å². The summed E-state index contributed by atoms with van der Waals surface area (Å²) in [4.78, 5) is 15.7. The molecular formula is C16H16ClNOS. The van der Waals surface area contributed by atoms with E-state index in [4.69, 9.17) is 11.6 Å². The Morgan fingerprint density at radius 1 is 1.35 bits per heavy atom. The van der Waals surface area contributed by atoms with Gasteiger partial charge in [0.2, 0.25) is 5.91 Å². The number of carbonyl (C=O) groups is 1.